The van der Waals surface area contributed by atoms with Crippen LogP contribution in [0.15, 0.2) is 53.4 Å². The fourth-order valence-electron chi connectivity index (χ4n) is 2.38. The third kappa shape index (κ3) is 5.49. The molecule has 0 bridgehead atoms. The lowest BCUT2D eigenvalue weighted by atomic mass is 10.1. The number of ether oxygens (including phenoxy) is 1. The van der Waals surface area contributed by atoms with Gasteiger partial charge in [-0.2, -0.15) is 4.72 Å². The van der Waals surface area contributed by atoms with Crippen LogP contribution in [0.4, 0.5) is 5.69 Å². The first-order chi connectivity index (χ1) is 12.7. The number of halogens is 1. The minimum absolute atomic E-state index is 0.0203. The van der Waals surface area contributed by atoms with E-state index in [4.69, 9.17) is 16.3 Å². The molecule has 0 aromatic heterocycles. The van der Waals surface area contributed by atoms with Gasteiger partial charge in [-0.15, -0.1) is 0 Å². The summed E-state index contributed by atoms with van der Waals surface area (Å²) in [6.45, 7) is 1.66. The topological polar surface area (TPSA) is 116 Å². The minimum Gasteiger partial charge on any atom is -0.465 e. The van der Waals surface area contributed by atoms with Gasteiger partial charge in [0.25, 0.3) is 5.69 Å². The van der Waals surface area contributed by atoms with E-state index in [1.807, 2.05) is 0 Å². The molecule has 0 saturated heterocycles. The molecule has 0 radical (unpaired) electrons. The quantitative estimate of drug-likeness (QED) is 0.405. The zero-order valence-corrected chi connectivity index (χ0v) is 15.9. The third-order valence-corrected chi connectivity index (χ3v) is 5.31. The van der Waals surface area contributed by atoms with Crippen LogP contribution in [0.25, 0.3) is 0 Å². The van der Waals surface area contributed by atoms with Crippen molar-refractivity contribution < 1.29 is 22.9 Å². The fourth-order valence-corrected chi connectivity index (χ4v) is 3.88. The Morgan fingerprint density at radius 2 is 1.93 bits per heavy atom. The Kier molecular flexibility index (Phi) is 6.89. The van der Waals surface area contributed by atoms with E-state index in [1.54, 1.807) is 37.3 Å². The molecule has 2 rings (SSSR count). The summed E-state index contributed by atoms with van der Waals surface area (Å²) in [6.07, 6.45) is 0.0281. The predicted molar refractivity (Wildman–Crippen MR) is 99.0 cm³/mol. The first-order valence-corrected chi connectivity index (χ1v) is 9.77. The van der Waals surface area contributed by atoms with Crippen molar-refractivity contribution in [3.63, 3.8) is 0 Å². The molecule has 1 N–H and O–H groups in total. The highest BCUT2D eigenvalue weighted by molar-refractivity contribution is 7.89. The van der Waals surface area contributed by atoms with Crippen molar-refractivity contribution in [2.45, 2.75) is 24.3 Å². The van der Waals surface area contributed by atoms with Crippen molar-refractivity contribution in [2.24, 2.45) is 0 Å². The molecular weight excluding hydrogens is 396 g/mol. The molecule has 0 aliphatic heterocycles. The second kappa shape index (κ2) is 8.94. The largest absolute Gasteiger partial charge is 0.465 e. The van der Waals surface area contributed by atoms with Crippen LogP contribution in [-0.4, -0.2) is 32.0 Å². The molecule has 0 heterocycles. The zero-order valence-electron chi connectivity index (χ0n) is 14.3. The Morgan fingerprint density at radius 3 is 2.52 bits per heavy atom. The van der Waals surface area contributed by atoms with Crippen LogP contribution in [0.5, 0.6) is 0 Å². The van der Waals surface area contributed by atoms with Gasteiger partial charge in [-0.05, 0) is 31.0 Å². The average molecular weight is 413 g/mol. The number of hydrogen-bond donors (Lipinski definition) is 1. The molecule has 0 amide bonds. The van der Waals surface area contributed by atoms with Gasteiger partial charge in [-0.25, -0.2) is 8.42 Å². The van der Waals surface area contributed by atoms with Gasteiger partial charge in [-0.1, -0.05) is 41.9 Å². The van der Waals surface area contributed by atoms with Crippen molar-refractivity contribution in [1.29, 1.82) is 0 Å². The normalized spacial score (nSPS) is 12.4. The van der Waals surface area contributed by atoms with Crippen LogP contribution in [0, 0.1) is 10.1 Å². The lowest BCUT2D eigenvalue weighted by Gasteiger charge is -2.17. The average Bonchev–Trinajstić information content (AvgIpc) is 2.61. The van der Waals surface area contributed by atoms with Gasteiger partial charge in [0.2, 0.25) is 10.0 Å². The van der Waals surface area contributed by atoms with Crippen molar-refractivity contribution in [3.8, 4) is 0 Å². The van der Waals surface area contributed by atoms with Crippen molar-refractivity contribution in [3.05, 3.63) is 69.2 Å². The van der Waals surface area contributed by atoms with Crippen LogP contribution in [0.3, 0.4) is 0 Å². The standard InChI is InChI=1S/C17H17ClN2O6S/c1-2-26-17(21)14(10-12-6-4-3-5-7-12)19-27(24,25)16-9-8-13(18)11-15(16)20(22)23/h3-9,11,14,19H,2,10H2,1H3. The van der Waals surface area contributed by atoms with E-state index >= 15 is 0 Å². The summed E-state index contributed by atoms with van der Waals surface area (Å²) in [5.74, 6) is -0.776. The molecule has 8 nitrogen and oxygen atoms in total. The maximum absolute atomic E-state index is 12.7. The molecule has 2 aromatic rings. The molecule has 10 heteroatoms. The lowest BCUT2D eigenvalue weighted by Crippen LogP contribution is -2.43. The highest BCUT2D eigenvalue weighted by Crippen LogP contribution is 2.27. The number of nitro groups is 1. The Hall–Kier alpha value is -2.49. The molecule has 144 valence electrons. The summed E-state index contributed by atoms with van der Waals surface area (Å²) >= 11 is 5.72. The van der Waals surface area contributed by atoms with E-state index in [0.29, 0.717) is 5.56 Å². The van der Waals surface area contributed by atoms with Crippen LogP contribution in [-0.2, 0) is 26.0 Å². The van der Waals surface area contributed by atoms with E-state index in [0.717, 1.165) is 12.1 Å². The maximum atomic E-state index is 12.7. The van der Waals surface area contributed by atoms with Crippen molar-refractivity contribution in [2.75, 3.05) is 6.61 Å². The van der Waals surface area contributed by atoms with Gasteiger partial charge < -0.3 is 4.74 Å². The van der Waals surface area contributed by atoms with Gasteiger partial charge in [0.15, 0.2) is 4.90 Å². The SMILES string of the molecule is CCOC(=O)C(Cc1ccccc1)NS(=O)(=O)c1ccc(Cl)cc1[N+](=O)[O-]. The number of carbonyl (C=O) groups excluding carboxylic acids is 1. The molecule has 2 aromatic carbocycles. The number of sulfonamides is 1. The monoisotopic (exact) mass is 412 g/mol. The van der Waals surface area contributed by atoms with Gasteiger partial charge >= 0.3 is 5.97 Å². The second-order valence-corrected chi connectivity index (χ2v) is 7.60. The van der Waals surface area contributed by atoms with Crippen molar-refractivity contribution >= 4 is 33.3 Å². The first kappa shape index (κ1) is 20.8. The lowest BCUT2D eigenvalue weighted by molar-refractivity contribution is -0.387. The maximum Gasteiger partial charge on any atom is 0.324 e. The van der Waals surface area contributed by atoms with Gasteiger partial charge in [0, 0.05) is 11.1 Å². The smallest absolute Gasteiger partial charge is 0.324 e. The fraction of sp³-hybridized carbons (Fsp3) is 0.235. The second-order valence-electron chi connectivity index (χ2n) is 5.48. The molecule has 1 unspecified atom stereocenters. The molecule has 0 fully saturated rings. The number of hydrogen-bond acceptors (Lipinski definition) is 6. The van der Waals surface area contributed by atoms with E-state index in [-0.39, 0.29) is 18.1 Å². The summed E-state index contributed by atoms with van der Waals surface area (Å²) in [7, 11) is -4.39. The number of benzene rings is 2. The van der Waals surface area contributed by atoms with Crippen molar-refractivity contribution in [1.82, 2.24) is 4.72 Å². The van der Waals surface area contributed by atoms with Crippen LogP contribution < -0.4 is 4.72 Å². The number of nitro benzene ring substituents is 1. The number of esters is 1. The van der Waals surface area contributed by atoms with Gasteiger partial charge in [0.05, 0.1) is 11.5 Å². The Balaban J connectivity index is 2.38. The summed E-state index contributed by atoms with van der Waals surface area (Å²) in [6, 6.07) is 10.7. The number of rotatable bonds is 8. The third-order valence-electron chi connectivity index (χ3n) is 3.56. The Morgan fingerprint density at radius 1 is 1.26 bits per heavy atom. The Bertz CT molecular complexity index is 934. The van der Waals surface area contributed by atoms with Gasteiger partial charge in [-0.3, -0.25) is 14.9 Å². The minimum atomic E-state index is -4.39. The number of nitrogens with one attached hydrogen (secondary N) is 1. The van der Waals surface area contributed by atoms with E-state index in [1.165, 1.54) is 6.07 Å². The highest BCUT2D eigenvalue weighted by Gasteiger charge is 2.32. The highest BCUT2D eigenvalue weighted by atomic mass is 35.5. The molecular formula is C17H17ClN2O6S. The van der Waals surface area contributed by atoms with Crippen LogP contribution in [0.1, 0.15) is 12.5 Å². The van der Waals surface area contributed by atoms with E-state index in [9.17, 15) is 23.3 Å². The molecule has 0 aliphatic carbocycles. The molecule has 0 saturated carbocycles. The molecule has 0 spiro atoms. The molecule has 27 heavy (non-hydrogen) atoms. The first-order valence-electron chi connectivity index (χ1n) is 7.91. The zero-order chi connectivity index (χ0) is 20.0. The van der Waals surface area contributed by atoms with E-state index in [2.05, 4.69) is 4.72 Å². The summed E-state index contributed by atoms with van der Waals surface area (Å²) in [4.78, 5) is 22.0. The van der Waals surface area contributed by atoms with Gasteiger partial charge in [0.1, 0.15) is 6.04 Å². The molecule has 1 atom stereocenters. The van der Waals surface area contributed by atoms with Crippen LogP contribution in [0.2, 0.25) is 5.02 Å². The summed E-state index contributed by atoms with van der Waals surface area (Å²) in [5, 5.41) is 11.2. The summed E-state index contributed by atoms with van der Waals surface area (Å²) in [5.41, 5.74) is 0.0150. The van der Waals surface area contributed by atoms with Crippen LogP contribution >= 0.6 is 11.6 Å². The number of nitrogens with zero attached hydrogens (tertiary/aromatic N) is 1. The molecule has 0 aliphatic rings. The predicted octanol–water partition coefficient (Wildman–Crippen LogP) is 2.70. The number of carbonyl (C=O) groups is 1. The van der Waals surface area contributed by atoms with E-state index < -0.39 is 37.5 Å². The Labute approximate surface area is 161 Å². The summed E-state index contributed by atoms with van der Waals surface area (Å²) < 4.78 is 32.6.